The number of amides is 1. The maximum absolute atomic E-state index is 13.5. The van der Waals surface area contributed by atoms with E-state index in [4.69, 9.17) is 28.4 Å². The Hall–Kier alpha value is -1.99. The second-order valence-electron chi connectivity index (χ2n) is 32.4. The molecule has 3 aliphatic rings. The zero-order valence-electron chi connectivity index (χ0n) is 68.6. The summed E-state index contributed by atoms with van der Waals surface area (Å²) in [5, 5.41) is 121. The Balaban J connectivity index is 1.34. The van der Waals surface area contributed by atoms with Gasteiger partial charge in [0.1, 0.15) is 73.2 Å². The number of unbranched alkanes of at least 4 members (excludes halogenated alkanes) is 54. The molecule has 0 saturated carbocycles. The number of rotatable bonds is 74. The highest BCUT2D eigenvalue weighted by Crippen LogP contribution is 2.34. The summed E-state index contributed by atoms with van der Waals surface area (Å²) in [7, 11) is 0. The molecule has 19 nitrogen and oxygen atoms in total. The van der Waals surface area contributed by atoms with E-state index in [1.54, 1.807) is 6.08 Å². The van der Waals surface area contributed by atoms with Crippen molar-refractivity contribution < 1.29 is 89.4 Å². The number of allylic oxidation sites excluding steroid dienone is 5. The molecule has 636 valence electrons. The predicted octanol–water partition coefficient (Wildman–Crippen LogP) is 17.0. The van der Waals surface area contributed by atoms with Gasteiger partial charge < -0.3 is 89.9 Å². The number of aliphatic hydroxyl groups excluding tert-OH is 11. The van der Waals surface area contributed by atoms with Crippen LogP contribution in [-0.2, 0) is 33.2 Å². The number of carbonyl (C=O) groups is 1. The summed E-state index contributed by atoms with van der Waals surface area (Å²) in [4.78, 5) is 13.5. The lowest BCUT2D eigenvalue weighted by Crippen LogP contribution is -2.66. The topological polar surface area (TPSA) is 307 Å². The largest absolute Gasteiger partial charge is 0.394 e. The Morgan fingerprint density at radius 3 is 0.926 bits per heavy atom. The molecule has 0 spiro atoms. The third kappa shape index (κ3) is 47.8. The molecule has 19 heteroatoms. The van der Waals surface area contributed by atoms with Gasteiger partial charge in [0.2, 0.25) is 5.91 Å². The van der Waals surface area contributed by atoms with Gasteiger partial charge in [-0.05, 0) is 44.9 Å². The van der Waals surface area contributed by atoms with Crippen LogP contribution >= 0.6 is 0 Å². The fraction of sp³-hybridized carbons (Fsp3) is 0.921. The van der Waals surface area contributed by atoms with Crippen molar-refractivity contribution in [1.29, 1.82) is 0 Å². The molecule has 108 heavy (non-hydrogen) atoms. The first-order chi connectivity index (χ1) is 52.8. The SMILES string of the molecule is CCCCCCCCCCCCCCCCCCCCCCC/C=C/CC/C=C/CC/C=C/C(O)C(COC1OC(CO)C(OC2OC(CO)C(OC3OC(CO)C(O)C(O)C3O)C(O)C2O)C(O)C1O)NC(=O)CCCCCCCCCCCCCCCCCCCCCCCCCCCCCCCCCC. The van der Waals surface area contributed by atoms with Crippen molar-refractivity contribution in [3.05, 3.63) is 36.5 Å². The summed E-state index contributed by atoms with van der Waals surface area (Å²) in [6, 6.07) is -0.997. The van der Waals surface area contributed by atoms with Crippen molar-refractivity contribution in [2.24, 2.45) is 0 Å². The predicted molar refractivity (Wildman–Crippen MR) is 434 cm³/mol. The smallest absolute Gasteiger partial charge is 0.220 e. The number of nitrogens with one attached hydrogen (secondary N) is 1. The minimum atomic E-state index is -1.98. The van der Waals surface area contributed by atoms with Crippen LogP contribution in [0.25, 0.3) is 0 Å². The van der Waals surface area contributed by atoms with Gasteiger partial charge in [-0.3, -0.25) is 4.79 Å². The number of aliphatic hydroxyl groups is 11. The lowest BCUT2D eigenvalue weighted by atomic mass is 9.96. The highest BCUT2D eigenvalue weighted by Gasteiger charge is 2.54. The molecule has 3 aliphatic heterocycles. The molecule has 3 saturated heterocycles. The van der Waals surface area contributed by atoms with Gasteiger partial charge in [0.25, 0.3) is 0 Å². The van der Waals surface area contributed by atoms with E-state index >= 15 is 0 Å². The van der Waals surface area contributed by atoms with Crippen LogP contribution in [0.15, 0.2) is 36.5 Å². The molecule has 0 aliphatic carbocycles. The summed E-state index contributed by atoms with van der Waals surface area (Å²) in [6.07, 6.45) is 61.7. The minimum absolute atomic E-state index is 0.237. The summed E-state index contributed by atoms with van der Waals surface area (Å²) in [5.74, 6) is -0.281. The zero-order valence-corrected chi connectivity index (χ0v) is 68.6. The van der Waals surface area contributed by atoms with Gasteiger partial charge in [0, 0.05) is 6.42 Å². The third-order valence-corrected chi connectivity index (χ3v) is 22.7. The van der Waals surface area contributed by atoms with Crippen molar-refractivity contribution in [2.75, 3.05) is 26.4 Å². The fourth-order valence-corrected chi connectivity index (χ4v) is 15.5. The van der Waals surface area contributed by atoms with E-state index in [1.165, 1.54) is 315 Å². The molecule has 3 heterocycles. The van der Waals surface area contributed by atoms with Crippen molar-refractivity contribution in [3.63, 3.8) is 0 Å². The van der Waals surface area contributed by atoms with Gasteiger partial charge >= 0.3 is 0 Å². The van der Waals surface area contributed by atoms with Crippen molar-refractivity contribution >= 4 is 5.91 Å². The van der Waals surface area contributed by atoms with Crippen LogP contribution in [-0.4, -0.2) is 193 Å². The highest BCUT2D eigenvalue weighted by molar-refractivity contribution is 5.76. The monoisotopic (exact) mass is 1540 g/mol. The second-order valence-corrected chi connectivity index (χ2v) is 32.4. The molecular formula is C89H167NO18. The molecule has 0 bridgehead atoms. The zero-order chi connectivity index (χ0) is 78.1. The van der Waals surface area contributed by atoms with Gasteiger partial charge in [-0.1, -0.05) is 378 Å². The van der Waals surface area contributed by atoms with E-state index in [2.05, 4.69) is 43.5 Å². The molecule has 0 aromatic carbocycles. The van der Waals surface area contributed by atoms with Gasteiger partial charge in [-0.25, -0.2) is 0 Å². The molecule has 0 radical (unpaired) electrons. The highest BCUT2D eigenvalue weighted by atomic mass is 16.8. The summed E-state index contributed by atoms with van der Waals surface area (Å²) < 4.78 is 34.5. The second kappa shape index (κ2) is 69.3. The summed E-state index contributed by atoms with van der Waals surface area (Å²) in [5.41, 5.74) is 0. The van der Waals surface area contributed by atoms with Crippen LogP contribution in [0.2, 0.25) is 0 Å². The van der Waals surface area contributed by atoms with Crippen LogP contribution in [0.1, 0.15) is 393 Å². The third-order valence-electron chi connectivity index (χ3n) is 22.7. The molecule has 0 aromatic heterocycles. The molecule has 3 rings (SSSR count). The Morgan fingerprint density at radius 1 is 0.324 bits per heavy atom. The first kappa shape index (κ1) is 100. The summed E-state index contributed by atoms with van der Waals surface area (Å²) in [6.45, 7) is 1.78. The van der Waals surface area contributed by atoms with Gasteiger partial charge in [-0.15, -0.1) is 0 Å². The number of carbonyl (C=O) groups excluding carboxylic acids is 1. The Bertz CT molecular complexity index is 2090. The molecule has 17 atom stereocenters. The first-order valence-electron chi connectivity index (χ1n) is 45.2. The average molecular weight is 1540 g/mol. The Morgan fingerprint density at radius 2 is 0.593 bits per heavy atom. The van der Waals surface area contributed by atoms with Crippen LogP contribution in [0.3, 0.4) is 0 Å². The van der Waals surface area contributed by atoms with Gasteiger partial charge in [0.05, 0.1) is 38.6 Å². The molecular weight excluding hydrogens is 1370 g/mol. The van der Waals surface area contributed by atoms with E-state index in [-0.39, 0.29) is 18.9 Å². The van der Waals surface area contributed by atoms with Gasteiger partial charge in [-0.2, -0.15) is 0 Å². The van der Waals surface area contributed by atoms with Crippen LogP contribution in [0.5, 0.6) is 0 Å². The summed E-state index contributed by atoms with van der Waals surface area (Å²) >= 11 is 0. The number of hydrogen-bond acceptors (Lipinski definition) is 18. The standard InChI is InChI=1S/C89H167NO18/c1-3-5-7-9-11-13-15-17-19-21-23-25-27-29-31-33-35-37-39-41-43-45-47-49-51-53-55-57-59-61-63-65-67-77(95)90-72(73(94)66-64-62-60-58-56-54-52-50-48-46-44-42-40-38-36-34-32-30-28-26-24-22-20-18-16-14-12-10-8-6-4-2)71-103-87-83(101)80(98)85(75(69-92)105-87)108-89-84(102)81(99)86(76(70-93)106-89)107-88-82(100)79(97)78(96)74(68-91)104-88/h48,50,56,58,64,66,72-76,78-89,91-94,96-102H,3-47,49,51-55,57,59-63,65,67-71H2,1-2H3,(H,90,95)/b50-48+,58-56+,66-64+. The average Bonchev–Trinajstić information content (AvgIpc) is 0.779. The quantitative estimate of drug-likeness (QED) is 0.0199. The minimum Gasteiger partial charge on any atom is -0.394 e. The van der Waals surface area contributed by atoms with Crippen molar-refractivity contribution in [2.45, 2.75) is 497 Å². The van der Waals surface area contributed by atoms with Gasteiger partial charge in [0.15, 0.2) is 18.9 Å². The van der Waals surface area contributed by atoms with E-state index in [9.17, 15) is 61.0 Å². The van der Waals surface area contributed by atoms with E-state index in [1.807, 2.05) is 6.08 Å². The molecule has 17 unspecified atom stereocenters. The van der Waals surface area contributed by atoms with Crippen molar-refractivity contribution in [1.82, 2.24) is 5.32 Å². The normalized spacial score (nSPS) is 25.5. The maximum Gasteiger partial charge on any atom is 0.220 e. The van der Waals surface area contributed by atoms with E-state index in [0.29, 0.717) is 12.8 Å². The van der Waals surface area contributed by atoms with Crippen LogP contribution in [0.4, 0.5) is 0 Å². The lowest BCUT2D eigenvalue weighted by Gasteiger charge is -2.48. The molecule has 12 N–H and O–H groups in total. The molecule has 0 aromatic rings. The van der Waals surface area contributed by atoms with Crippen LogP contribution < -0.4 is 5.32 Å². The first-order valence-corrected chi connectivity index (χ1v) is 45.2. The fourth-order valence-electron chi connectivity index (χ4n) is 15.5. The van der Waals surface area contributed by atoms with E-state index in [0.717, 1.165) is 44.9 Å². The molecule has 1 amide bonds. The molecule has 3 fully saturated rings. The maximum atomic E-state index is 13.5. The van der Waals surface area contributed by atoms with E-state index < -0.39 is 124 Å². The Kier molecular flexibility index (Phi) is 64.3. The number of ether oxygens (including phenoxy) is 6. The van der Waals surface area contributed by atoms with Crippen molar-refractivity contribution in [3.8, 4) is 0 Å². The number of hydrogen-bond donors (Lipinski definition) is 12. The van der Waals surface area contributed by atoms with Crippen LogP contribution in [0, 0.1) is 0 Å². The Labute approximate surface area is 657 Å². The lowest BCUT2D eigenvalue weighted by molar-refractivity contribution is -0.379.